The highest BCUT2D eigenvalue weighted by atomic mass is 16.2. The summed E-state index contributed by atoms with van der Waals surface area (Å²) in [4.78, 5) is 23.9. The van der Waals surface area contributed by atoms with Gasteiger partial charge in [0.15, 0.2) is 0 Å². The summed E-state index contributed by atoms with van der Waals surface area (Å²) in [7, 11) is 0. The van der Waals surface area contributed by atoms with E-state index in [2.05, 4.69) is 10.6 Å². The van der Waals surface area contributed by atoms with E-state index in [1.165, 1.54) is 0 Å². The molecule has 0 spiro atoms. The molecule has 1 aromatic rings. The number of rotatable bonds is 7. The molecule has 0 aliphatic rings. The summed E-state index contributed by atoms with van der Waals surface area (Å²) in [5.74, 6) is -0.152. The second kappa shape index (κ2) is 9.03. The van der Waals surface area contributed by atoms with E-state index >= 15 is 0 Å². The molecule has 0 aromatic heterocycles. The van der Waals surface area contributed by atoms with Crippen LogP contribution in [0.4, 0.5) is 0 Å². The molecule has 22 heavy (non-hydrogen) atoms. The van der Waals surface area contributed by atoms with Gasteiger partial charge in [-0.1, -0.05) is 32.1 Å². The standard InChI is InChI=1S/C18H26N2O2/c1-5-8-13(3)17(21)19-12-15-9-7-10-16(11-15)18(22)20-14(4)6-2/h7-11,14H,5-6,12H2,1-4H3,(H,19,21)(H,20,22)/b13-8+. The average molecular weight is 302 g/mol. The Labute approximate surface area is 133 Å². The van der Waals surface area contributed by atoms with Gasteiger partial charge in [-0.3, -0.25) is 9.59 Å². The van der Waals surface area contributed by atoms with Gasteiger partial charge in [0.2, 0.25) is 5.91 Å². The molecule has 0 bridgehead atoms. The van der Waals surface area contributed by atoms with Crippen LogP contribution < -0.4 is 10.6 Å². The molecule has 120 valence electrons. The molecule has 1 rings (SSSR count). The molecule has 1 atom stereocenters. The van der Waals surface area contributed by atoms with E-state index in [-0.39, 0.29) is 17.9 Å². The van der Waals surface area contributed by atoms with Crippen molar-refractivity contribution in [1.29, 1.82) is 0 Å². The lowest BCUT2D eigenvalue weighted by atomic mass is 10.1. The molecule has 0 radical (unpaired) electrons. The molecule has 4 nitrogen and oxygen atoms in total. The lowest BCUT2D eigenvalue weighted by Crippen LogP contribution is -2.32. The maximum absolute atomic E-state index is 12.1. The minimum Gasteiger partial charge on any atom is -0.350 e. The Bertz CT molecular complexity index is 550. The lowest BCUT2D eigenvalue weighted by Gasteiger charge is -2.12. The van der Waals surface area contributed by atoms with Crippen LogP contribution in [0, 0.1) is 0 Å². The summed E-state index contributed by atoms with van der Waals surface area (Å²) < 4.78 is 0. The van der Waals surface area contributed by atoms with Gasteiger partial charge in [-0.2, -0.15) is 0 Å². The van der Waals surface area contributed by atoms with Crippen molar-refractivity contribution in [3.05, 3.63) is 47.0 Å². The summed E-state index contributed by atoms with van der Waals surface area (Å²) in [5.41, 5.74) is 2.25. The minimum atomic E-state index is -0.0791. The molecule has 4 heteroatoms. The third-order valence-electron chi connectivity index (χ3n) is 3.50. The molecule has 0 saturated heterocycles. The van der Waals surface area contributed by atoms with Gasteiger partial charge in [-0.25, -0.2) is 0 Å². The van der Waals surface area contributed by atoms with Crippen LogP contribution in [-0.2, 0) is 11.3 Å². The van der Waals surface area contributed by atoms with Crippen molar-refractivity contribution in [1.82, 2.24) is 10.6 Å². The number of hydrogen-bond acceptors (Lipinski definition) is 2. The first kappa shape index (κ1) is 18.0. The zero-order chi connectivity index (χ0) is 16.5. The number of benzene rings is 1. The van der Waals surface area contributed by atoms with Gasteiger partial charge >= 0.3 is 0 Å². The molecule has 2 amide bonds. The van der Waals surface area contributed by atoms with Crippen molar-refractivity contribution in [2.24, 2.45) is 0 Å². The number of carbonyl (C=O) groups excluding carboxylic acids is 2. The van der Waals surface area contributed by atoms with E-state index in [1.807, 2.05) is 45.0 Å². The average Bonchev–Trinajstić information content (AvgIpc) is 2.52. The Hall–Kier alpha value is -2.10. The van der Waals surface area contributed by atoms with Crippen LogP contribution in [0.2, 0.25) is 0 Å². The first-order chi connectivity index (χ1) is 10.5. The van der Waals surface area contributed by atoms with Crippen molar-refractivity contribution >= 4 is 11.8 Å². The molecular weight excluding hydrogens is 276 g/mol. The lowest BCUT2D eigenvalue weighted by molar-refractivity contribution is -0.117. The van der Waals surface area contributed by atoms with Gasteiger partial charge < -0.3 is 10.6 Å². The maximum Gasteiger partial charge on any atom is 0.251 e. The highest BCUT2D eigenvalue weighted by molar-refractivity contribution is 5.94. The second-order valence-electron chi connectivity index (χ2n) is 5.46. The molecule has 0 heterocycles. The summed E-state index contributed by atoms with van der Waals surface area (Å²) in [5, 5.41) is 5.80. The van der Waals surface area contributed by atoms with E-state index in [0.717, 1.165) is 18.4 Å². The second-order valence-corrected chi connectivity index (χ2v) is 5.46. The molecule has 0 aliphatic heterocycles. The summed E-state index contributed by atoms with van der Waals surface area (Å²) >= 11 is 0. The zero-order valence-corrected chi connectivity index (χ0v) is 13.9. The molecule has 2 N–H and O–H groups in total. The molecule has 1 aromatic carbocycles. The SMILES string of the molecule is CC/C=C(\C)C(=O)NCc1cccc(C(=O)NC(C)CC)c1. The van der Waals surface area contributed by atoms with Crippen LogP contribution in [0.3, 0.4) is 0 Å². The Morgan fingerprint density at radius 1 is 1.27 bits per heavy atom. The van der Waals surface area contributed by atoms with Crippen LogP contribution >= 0.6 is 0 Å². The van der Waals surface area contributed by atoms with Crippen LogP contribution in [0.5, 0.6) is 0 Å². The minimum absolute atomic E-state index is 0.0729. The fourth-order valence-electron chi connectivity index (χ4n) is 1.95. The van der Waals surface area contributed by atoms with Crippen molar-refractivity contribution in [2.45, 2.75) is 53.1 Å². The third-order valence-corrected chi connectivity index (χ3v) is 3.50. The smallest absolute Gasteiger partial charge is 0.251 e. The van der Waals surface area contributed by atoms with Gasteiger partial charge in [0.05, 0.1) is 0 Å². The Morgan fingerprint density at radius 2 is 2.00 bits per heavy atom. The first-order valence-corrected chi connectivity index (χ1v) is 7.82. The Kier molecular flexibility index (Phi) is 7.37. The fraction of sp³-hybridized carbons (Fsp3) is 0.444. The van der Waals surface area contributed by atoms with Gasteiger partial charge in [-0.05, 0) is 44.4 Å². The number of nitrogens with one attached hydrogen (secondary N) is 2. The van der Waals surface area contributed by atoms with E-state index in [9.17, 15) is 9.59 Å². The van der Waals surface area contributed by atoms with Crippen molar-refractivity contribution in [3.63, 3.8) is 0 Å². The monoisotopic (exact) mass is 302 g/mol. The van der Waals surface area contributed by atoms with E-state index in [0.29, 0.717) is 17.7 Å². The molecular formula is C18H26N2O2. The molecule has 1 unspecified atom stereocenters. The predicted octanol–water partition coefficient (Wildman–Crippen LogP) is 3.19. The van der Waals surface area contributed by atoms with Crippen molar-refractivity contribution < 1.29 is 9.59 Å². The Balaban J connectivity index is 2.67. The molecule has 0 aliphatic carbocycles. The van der Waals surface area contributed by atoms with Crippen molar-refractivity contribution in [2.75, 3.05) is 0 Å². The summed E-state index contributed by atoms with van der Waals surface area (Å²) in [6, 6.07) is 7.49. The maximum atomic E-state index is 12.1. The number of amides is 2. The van der Waals surface area contributed by atoms with E-state index < -0.39 is 0 Å². The highest BCUT2D eigenvalue weighted by Crippen LogP contribution is 2.07. The normalized spacial score (nSPS) is 12.6. The Morgan fingerprint density at radius 3 is 2.64 bits per heavy atom. The number of allylic oxidation sites excluding steroid dienone is 1. The quantitative estimate of drug-likeness (QED) is 0.760. The first-order valence-electron chi connectivity index (χ1n) is 7.82. The third kappa shape index (κ3) is 5.72. The fourth-order valence-corrected chi connectivity index (χ4v) is 1.95. The van der Waals surface area contributed by atoms with Crippen LogP contribution in [-0.4, -0.2) is 17.9 Å². The summed E-state index contributed by atoms with van der Waals surface area (Å²) in [6.45, 7) is 8.22. The van der Waals surface area contributed by atoms with E-state index in [1.54, 1.807) is 13.0 Å². The zero-order valence-electron chi connectivity index (χ0n) is 13.9. The van der Waals surface area contributed by atoms with Crippen molar-refractivity contribution in [3.8, 4) is 0 Å². The van der Waals surface area contributed by atoms with Gasteiger partial charge in [0.25, 0.3) is 5.91 Å². The summed E-state index contributed by atoms with van der Waals surface area (Å²) in [6.07, 6.45) is 3.63. The largest absolute Gasteiger partial charge is 0.350 e. The number of hydrogen-bond donors (Lipinski definition) is 2. The van der Waals surface area contributed by atoms with Gasteiger partial charge in [0, 0.05) is 23.7 Å². The van der Waals surface area contributed by atoms with Crippen LogP contribution in [0.15, 0.2) is 35.9 Å². The van der Waals surface area contributed by atoms with E-state index in [4.69, 9.17) is 0 Å². The number of carbonyl (C=O) groups is 2. The van der Waals surface area contributed by atoms with Crippen LogP contribution in [0.1, 0.15) is 56.5 Å². The van der Waals surface area contributed by atoms with Gasteiger partial charge in [-0.15, -0.1) is 0 Å². The predicted molar refractivity (Wildman–Crippen MR) is 89.6 cm³/mol. The van der Waals surface area contributed by atoms with Crippen LogP contribution in [0.25, 0.3) is 0 Å². The molecule has 0 fully saturated rings. The highest BCUT2D eigenvalue weighted by Gasteiger charge is 2.09. The molecule has 0 saturated carbocycles. The van der Waals surface area contributed by atoms with Gasteiger partial charge in [0.1, 0.15) is 0 Å². The topological polar surface area (TPSA) is 58.2 Å².